The van der Waals surface area contributed by atoms with Crippen molar-refractivity contribution in [3.63, 3.8) is 0 Å². The second-order valence-corrected chi connectivity index (χ2v) is 5.51. The lowest BCUT2D eigenvalue weighted by Gasteiger charge is -2.16. The number of urea groups is 1. The molecule has 10 heteroatoms. The van der Waals surface area contributed by atoms with E-state index in [4.69, 9.17) is 0 Å². The van der Waals surface area contributed by atoms with E-state index in [1.165, 1.54) is 0 Å². The number of nitrogens with one attached hydrogen (secondary N) is 4. The number of aromatic nitrogens is 6. The lowest BCUT2D eigenvalue weighted by atomic mass is 10.1. The fraction of sp³-hybridized carbons (Fsp3) is 0.267. The Morgan fingerprint density at radius 1 is 1.32 bits per heavy atom. The number of amides is 2. The summed E-state index contributed by atoms with van der Waals surface area (Å²) < 4.78 is 1.56. The summed E-state index contributed by atoms with van der Waals surface area (Å²) in [6, 6.07) is 8.56. The van der Waals surface area contributed by atoms with E-state index >= 15 is 0 Å². The van der Waals surface area contributed by atoms with Gasteiger partial charge in [0, 0.05) is 13.5 Å². The van der Waals surface area contributed by atoms with Crippen LogP contribution in [0.5, 0.6) is 0 Å². The van der Waals surface area contributed by atoms with Crippen molar-refractivity contribution in [2.75, 3.05) is 5.32 Å². The van der Waals surface area contributed by atoms with Crippen molar-refractivity contribution >= 4 is 12.0 Å². The first-order valence-electron chi connectivity index (χ1n) is 7.65. The van der Waals surface area contributed by atoms with Gasteiger partial charge in [-0.25, -0.2) is 14.7 Å². The summed E-state index contributed by atoms with van der Waals surface area (Å²) in [5.74, 6) is 1.22. The molecule has 0 aliphatic heterocycles. The minimum atomic E-state index is -0.522. The quantitative estimate of drug-likeness (QED) is 0.540. The van der Waals surface area contributed by atoms with Gasteiger partial charge in [0.15, 0.2) is 5.82 Å². The number of aromatic amines is 2. The Kier molecular flexibility index (Phi) is 4.59. The maximum atomic E-state index is 12.3. The van der Waals surface area contributed by atoms with Crippen LogP contribution in [0.3, 0.4) is 0 Å². The third-order valence-electron chi connectivity index (χ3n) is 3.64. The van der Waals surface area contributed by atoms with E-state index in [-0.39, 0.29) is 5.95 Å². The Balaban J connectivity index is 1.74. The monoisotopic (exact) mass is 342 g/mol. The van der Waals surface area contributed by atoms with Crippen LogP contribution < -0.4 is 16.3 Å². The van der Waals surface area contributed by atoms with Gasteiger partial charge in [0.25, 0.3) is 0 Å². The zero-order chi connectivity index (χ0) is 17.8. The Bertz CT molecular complexity index is 892. The molecule has 0 radical (unpaired) electrons. The first kappa shape index (κ1) is 16.4. The topological polar surface area (TPSA) is 133 Å². The standard InChI is InChI=1S/C15H18N8O2/c1-9-16-13(22-23(9)2)19-14(24)17-11(12-18-15(25)21-20-12)8-10-6-4-3-5-7-10/h3-7,11H,8H2,1-2H3,(H2,17,19,22,24)(H2,18,20,21,25). The SMILES string of the molecule is Cc1nc(NC(=O)NC(Cc2ccccc2)c2n[nH]c(=O)[nH]2)nn1C. The molecule has 2 aromatic heterocycles. The normalized spacial score (nSPS) is 11.9. The molecule has 130 valence electrons. The van der Waals surface area contributed by atoms with Crippen LogP contribution in [0.25, 0.3) is 0 Å². The van der Waals surface area contributed by atoms with Crippen LogP contribution in [0, 0.1) is 6.92 Å². The van der Waals surface area contributed by atoms with Crippen molar-refractivity contribution in [2.45, 2.75) is 19.4 Å². The molecular formula is C15H18N8O2. The molecule has 0 spiro atoms. The lowest BCUT2D eigenvalue weighted by Crippen LogP contribution is -2.34. The van der Waals surface area contributed by atoms with E-state index in [9.17, 15) is 9.59 Å². The van der Waals surface area contributed by atoms with E-state index in [1.807, 2.05) is 30.3 Å². The number of rotatable bonds is 5. The van der Waals surface area contributed by atoms with Crippen LogP contribution in [0.4, 0.5) is 10.7 Å². The molecule has 3 aromatic rings. The molecule has 2 heterocycles. The van der Waals surface area contributed by atoms with Crippen LogP contribution in [0.2, 0.25) is 0 Å². The minimum absolute atomic E-state index is 0.200. The van der Waals surface area contributed by atoms with E-state index < -0.39 is 17.8 Å². The average molecular weight is 342 g/mol. The number of nitrogens with zero attached hydrogens (tertiary/aromatic N) is 4. The van der Waals surface area contributed by atoms with Crippen LogP contribution in [-0.2, 0) is 13.5 Å². The highest BCUT2D eigenvalue weighted by atomic mass is 16.2. The van der Waals surface area contributed by atoms with Crippen molar-refractivity contribution < 1.29 is 4.79 Å². The molecule has 0 saturated carbocycles. The molecule has 2 amide bonds. The lowest BCUT2D eigenvalue weighted by molar-refractivity contribution is 0.247. The van der Waals surface area contributed by atoms with Gasteiger partial charge >= 0.3 is 11.7 Å². The molecule has 1 atom stereocenters. The Hall–Kier alpha value is -3.43. The molecule has 3 rings (SSSR count). The number of H-pyrrole nitrogens is 2. The summed E-state index contributed by atoms with van der Waals surface area (Å²) in [5.41, 5.74) is 0.556. The highest BCUT2D eigenvalue weighted by Crippen LogP contribution is 2.14. The van der Waals surface area contributed by atoms with Crippen molar-refractivity contribution in [1.29, 1.82) is 0 Å². The third kappa shape index (κ3) is 4.10. The number of carbonyl (C=O) groups is 1. The van der Waals surface area contributed by atoms with E-state index in [0.717, 1.165) is 5.56 Å². The van der Waals surface area contributed by atoms with Gasteiger partial charge in [-0.1, -0.05) is 30.3 Å². The van der Waals surface area contributed by atoms with Crippen LogP contribution in [-0.4, -0.2) is 36.0 Å². The summed E-state index contributed by atoms with van der Waals surface area (Å²) in [7, 11) is 1.73. The van der Waals surface area contributed by atoms with Crippen molar-refractivity contribution in [2.24, 2.45) is 7.05 Å². The van der Waals surface area contributed by atoms with Gasteiger partial charge in [0.1, 0.15) is 5.82 Å². The summed E-state index contributed by atoms with van der Waals surface area (Å²) in [5, 5.41) is 15.7. The first-order valence-corrected chi connectivity index (χ1v) is 7.65. The smallest absolute Gasteiger partial charge is 0.327 e. The number of hydrogen-bond acceptors (Lipinski definition) is 5. The van der Waals surface area contributed by atoms with E-state index in [0.29, 0.717) is 18.1 Å². The number of benzene rings is 1. The summed E-state index contributed by atoms with van der Waals surface area (Å²) in [6.07, 6.45) is 0.462. The van der Waals surface area contributed by atoms with Crippen LogP contribution in [0.1, 0.15) is 23.3 Å². The predicted octanol–water partition coefficient (Wildman–Crippen LogP) is 0.640. The van der Waals surface area contributed by atoms with Crippen molar-refractivity contribution in [3.8, 4) is 0 Å². The highest BCUT2D eigenvalue weighted by Gasteiger charge is 2.19. The molecular weight excluding hydrogens is 324 g/mol. The predicted molar refractivity (Wildman–Crippen MR) is 90.0 cm³/mol. The summed E-state index contributed by atoms with van der Waals surface area (Å²) >= 11 is 0. The van der Waals surface area contributed by atoms with Crippen molar-refractivity contribution in [3.05, 3.63) is 58.0 Å². The van der Waals surface area contributed by atoms with Gasteiger partial charge < -0.3 is 5.32 Å². The van der Waals surface area contributed by atoms with Gasteiger partial charge in [-0.15, -0.1) is 5.10 Å². The van der Waals surface area contributed by atoms with Gasteiger partial charge in [-0.3, -0.25) is 15.0 Å². The highest BCUT2D eigenvalue weighted by molar-refractivity contribution is 5.87. The molecule has 0 aliphatic carbocycles. The second-order valence-electron chi connectivity index (χ2n) is 5.51. The molecule has 0 fully saturated rings. The maximum absolute atomic E-state index is 12.3. The molecule has 25 heavy (non-hydrogen) atoms. The number of carbonyl (C=O) groups excluding carboxylic acids is 1. The maximum Gasteiger partial charge on any atom is 0.340 e. The molecule has 0 aliphatic rings. The number of hydrogen-bond donors (Lipinski definition) is 4. The molecule has 4 N–H and O–H groups in total. The third-order valence-corrected chi connectivity index (χ3v) is 3.64. The van der Waals surface area contributed by atoms with Crippen LogP contribution in [0.15, 0.2) is 35.1 Å². The second kappa shape index (κ2) is 6.99. The van der Waals surface area contributed by atoms with E-state index in [2.05, 4.69) is 35.9 Å². The largest absolute Gasteiger partial charge is 0.340 e. The van der Waals surface area contributed by atoms with Gasteiger partial charge in [0.05, 0.1) is 6.04 Å². The average Bonchev–Trinajstić information content (AvgIpc) is 3.13. The Morgan fingerprint density at radius 3 is 2.68 bits per heavy atom. The van der Waals surface area contributed by atoms with Crippen LogP contribution >= 0.6 is 0 Å². The van der Waals surface area contributed by atoms with E-state index in [1.54, 1.807) is 18.7 Å². The molecule has 10 nitrogen and oxygen atoms in total. The molecule has 0 saturated heterocycles. The number of aryl methyl sites for hydroxylation is 2. The Morgan fingerprint density at radius 2 is 2.08 bits per heavy atom. The summed E-state index contributed by atoms with van der Waals surface area (Å²) in [4.78, 5) is 30.3. The zero-order valence-corrected chi connectivity index (χ0v) is 13.8. The molecule has 1 aromatic carbocycles. The fourth-order valence-electron chi connectivity index (χ4n) is 2.33. The van der Waals surface area contributed by atoms with Gasteiger partial charge in [-0.2, -0.15) is 10.1 Å². The fourth-order valence-corrected chi connectivity index (χ4v) is 2.33. The molecule has 0 bridgehead atoms. The minimum Gasteiger partial charge on any atom is -0.327 e. The zero-order valence-electron chi connectivity index (χ0n) is 13.8. The first-order chi connectivity index (χ1) is 12.0. The van der Waals surface area contributed by atoms with Gasteiger partial charge in [0.2, 0.25) is 5.95 Å². The summed E-state index contributed by atoms with van der Waals surface area (Å²) in [6.45, 7) is 1.78. The van der Waals surface area contributed by atoms with Crippen molar-refractivity contribution in [1.82, 2.24) is 35.3 Å². The van der Waals surface area contributed by atoms with Gasteiger partial charge in [-0.05, 0) is 12.5 Å². The number of anilines is 1. The molecule has 1 unspecified atom stereocenters. The Labute approximate surface area is 142 Å².